The second-order valence-corrected chi connectivity index (χ2v) is 3.10. The van der Waals surface area contributed by atoms with E-state index in [1.54, 1.807) is 0 Å². The molecule has 2 N–H and O–H groups in total. The maximum absolute atomic E-state index is 11.2. The summed E-state index contributed by atoms with van der Waals surface area (Å²) in [4.78, 5) is 13.1. The van der Waals surface area contributed by atoms with Gasteiger partial charge in [0.15, 0.2) is 0 Å². The zero-order chi connectivity index (χ0) is 10.8. The van der Waals surface area contributed by atoms with Crippen molar-refractivity contribution in [3.05, 3.63) is 0 Å². The van der Waals surface area contributed by atoms with E-state index in [-0.39, 0.29) is 5.91 Å². The predicted molar refractivity (Wildman–Crippen MR) is 54.7 cm³/mol. The zero-order valence-corrected chi connectivity index (χ0v) is 8.84. The van der Waals surface area contributed by atoms with Crippen LogP contribution in [0.1, 0.15) is 6.42 Å². The highest BCUT2D eigenvalue weighted by atomic mass is 16.2. The molecule has 0 rings (SSSR count). The van der Waals surface area contributed by atoms with Crippen LogP contribution in [0, 0.1) is 11.3 Å². The normalized spacial score (nSPS) is 9.86. The Morgan fingerprint density at radius 1 is 1.50 bits per heavy atom. The van der Waals surface area contributed by atoms with Gasteiger partial charge in [-0.2, -0.15) is 5.26 Å². The van der Waals surface area contributed by atoms with E-state index in [1.807, 2.05) is 25.1 Å². The number of carbonyl (C=O) groups excluding carboxylic acids is 1. The molecule has 80 valence electrons. The number of hydrogen-bond donors (Lipinski definition) is 2. The second kappa shape index (κ2) is 8.48. The van der Waals surface area contributed by atoms with Gasteiger partial charge in [-0.15, -0.1) is 0 Å². The molecule has 5 heteroatoms. The highest BCUT2D eigenvalue weighted by Gasteiger charge is 2.04. The number of nitrogens with zero attached hydrogens (tertiary/aromatic N) is 2. The molecule has 5 nitrogen and oxygen atoms in total. The molecule has 14 heavy (non-hydrogen) atoms. The van der Waals surface area contributed by atoms with Crippen LogP contribution in [0.5, 0.6) is 0 Å². The number of rotatable bonds is 7. The standard InChI is InChI=1S/C9H18N4O/c1-11-6-7-13(2)8-9(14)12-5-3-4-10/h11H,3,5-8H2,1-2H3,(H,12,14). The van der Waals surface area contributed by atoms with Crippen LogP contribution in [0.25, 0.3) is 0 Å². The van der Waals surface area contributed by atoms with Crippen molar-refractivity contribution in [2.45, 2.75) is 6.42 Å². The van der Waals surface area contributed by atoms with Crippen molar-refractivity contribution >= 4 is 5.91 Å². The van der Waals surface area contributed by atoms with Crippen LogP contribution in [-0.2, 0) is 4.79 Å². The first-order valence-corrected chi connectivity index (χ1v) is 4.67. The van der Waals surface area contributed by atoms with Crippen molar-refractivity contribution in [2.75, 3.05) is 40.3 Å². The van der Waals surface area contributed by atoms with Crippen molar-refractivity contribution in [3.63, 3.8) is 0 Å². The fourth-order valence-electron chi connectivity index (χ4n) is 0.941. The van der Waals surface area contributed by atoms with Crippen LogP contribution in [-0.4, -0.2) is 51.1 Å². The van der Waals surface area contributed by atoms with Crippen molar-refractivity contribution in [1.29, 1.82) is 5.26 Å². The smallest absolute Gasteiger partial charge is 0.234 e. The Labute approximate surface area is 85.1 Å². The number of nitrogens with one attached hydrogen (secondary N) is 2. The van der Waals surface area contributed by atoms with E-state index in [0.29, 0.717) is 19.5 Å². The van der Waals surface area contributed by atoms with E-state index in [2.05, 4.69) is 10.6 Å². The summed E-state index contributed by atoms with van der Waals surface area (Å²) in [6.07, 6.45) is 0.367. The highest BCUT2D eigenvalue weighted by Crippen LogP contribution is 1.81. The summed E-state index contributed by atoms with van der Waals surface area (Å²) in [5, 5.41) is 13.9. The number of amides is 1. The van der Waals surface area contributed by atoms with Gasteiger partial charge in [-0.05, 0) is 14.1 Å². The first-order valence-electron chi connectivity index (χ1n) is 4.67. The number of hydrogen-bond acceptors (Lipinski definition) is 4. The van der Waals surface area contributed by atoms with Gasteiger partial charge in [-0.3, -0.25) is 9.69 Å². The van der Waals surface area contributed by atoms with Crippen LogP contribution >= 0.6 is 0 Å². The Hall–Kier alpha value is -1.12. The molecule has 0 aliphatic heterocycles. The average Bonchev–Trinajstić information content (AvgIpc) is 2.15. The first-order chi connectivity index (χ1) is 6.70. The first kappa shape index (κ1) is 12.9. The van der Waals surface area contributed by atoms with Crippen molar-refractivity contribution in [1.82, 2.24) is 15.5 Å². The maximum Gasteiger partial charge on any atom is 0.234 e. The lowest BCUT2D eigenvalue weighted by Gasteiger charge is -2.15. The number of carbonyl (C=O) groups is 1. The Bertz CT molecular complexity index is 199. The molecular weight excluding hydrogens is 180 g/mol. The minimum Gasteiger partial charge on any atom is -0.354 e. The third kappa shape index (κ3) is 7.53. The van der Waals surface area contributed by atoms with Gasteiger partial charge in [-0.25, -0.2) is 0 Å². The Balaban J connectivity index is 3.46. The van der Waals surface area contributed by atoms with Crippen molar-refractivity contribution in [2.24, 2.45) is 0 Å². The van der Waals surface area contributed by atoms with Crippen molar-refractivity contribution in [3.8, 4) is 6.07 Å². The lowest BCUT2D eigenvalue weighted by molar-refractivity contribution is -0.121. The van der Waals surface area contributed by atoms with E-state index in [9.17, 15) is 4.79 Å². The van der Waals surface area contributed by atoms with Gasteiger partial charge >= 0.3 is 0 Å². The summed E-state index contributed by atoms with van der Waals surface area (Å²) in [7, 11) is 3.77. The van der Waals surface area contributed by atoms with Crippen LogP contribution in [0.4, 0.5) is 0 Å². The van der Waals surface area contributed by atoms with E-state index >= 15 is 0 Å². The molecule has 0 aromatic carbocycles. The Kier molecular flexibility index (Phi) is 7.80. The molecule has 0 radical (unpaired) electrons. The molecule has 0 heterocycles. The Morgan fingerprint density at radius 3 is 2.79 bits per heavy atom. The number of nitriles is 1. The molecule has 0 aliphatic carbocycles. The third-order valence-corrected chi connectivity index (χ3v) is 1.72. The van der Waals surface area contributed by atoms with Crippen LogP contribution in [0.2, 0.25) is 0 Å². The molecule has 0 fully saturated rings. The topological polar surface area (TPSA) is 68.2 Å². The molecule has 0 aromatic heterocycles. The summed E-state index contributed by atoms with van der Waals surface area (Å²) >= 11 is 0. The number of likely N-dealkylation sites (N-methyl/N-ethyl adjacent to an activating group) is 2. The third-order valence-electron chi connectivity index (χ3n) is 1.72. The van der Waals surface area contributed by atoms with Gasteiger partial charge in [-0.1, -0.05) is 0 Å². The molecule has 0 unspecified atom stereocenters. The fraction of sp³-hybridized carbons (Fsp3) is 0.778. The molecule has 0 atom stereocenters. The van der Waals surface area contributed by atoms with Crippen LogP contribution in [0.15, 0.2) is 0 Å². The van der Waals surface area contributed by atoms with Gasteiger partial charge in [0.25, 0.3) is 0 Å². The van der Waals surface area contributed by atoms with E-state index in [1.165, 1.54) is 0 Å². The monoisotopic (exact) mass is 198 g/mol. The molecule has 0 bridgehead atoms. The summed E-state index contributed by atoms with van der Waals surface area (Å²) < 4.78 is 0. The van der Waals surface area contributed by atoms with E-state index < -0.39 is 0 Å². The quantitative estimate of drug-likeness (QED) is 0.524. The lowest BCUT2D eigenvalue weighted by Crippen LogP contribution is -2.38. The maximum atomic E-state index is 11.2. The summed E-state index contributed by atoms with van der Waals surface area (Å²) in [5.41, 5.74) is 0. The van der Waals surface area contributed by atoms with E-state index in [4.69, 9.17) is 5.26 Å². The average molecular weight is 198 g/mol. The largest absolute Gasteiger partial charge is 0.354 e. The predicted octanol–water partition coefficient (Wildman–Crippen LogP) is -0.833. The fourth-order valence-corrected chi connectivity index (χ4v) is 0.941. The molecule has 0 saturated heterocycles. The minimum atomic E-state index is -0.0288. The second-order valence-electron chi connectivity index (χ2n) is 3.10. The minimum absolute atomic E-state index is 0.0288. The summed E-state index contributed by atoms with van der Waals surface area (Å²) in [6.45, 7) is 2.52. The molecule has 0 saturated carbocycles. The zero-order valence-electron chi connectivity index (χ0n) is 8.84. The Morgan fingerprint density at radius 2 is 2.21 bits per heavy atom. The summed E-state index contributed by atoms with van der Waals surface area (Å²) in [5.74, 6) is -0.0288. The molecule has 0 aromatic rings. The SMILES string of the molecule is CNCCN(C)CC(=O)NCCC#N. The molecule has 0 aliphatic rings. The van der Waals surface area contributed by atoms with Gasteiger partial charge in [0.2, 0.25) is 5.91 Å². The molecule has 0 spiro atoms. The lowest BCUT2D eigenvalue weighted by atomic mass is 10.4. The van der Waals surface area contributed by atoms with Crippen molar-refractivity contribution < 1.29 is 4.79 Å². The molecule has 1 amide bonds. The van der Waals surface area contributed by atoms with Crippen LogP contribution < -0.4 is 10.6 Å². The van der Waals surface area contributed by atoms with Gasteiger partial charge in [0.05, 0.1) is 19.0 Å². The van der Waals surface area contributed by atoms with Gasteiger partial charge < -0.3 is 10.6 Å². The van der Waals surface area contributed by atoms with E-state index in [0.717, 1.165) is 13.1 Å². The highest BCUT2D eigenvalue weighted by molar-refractivity contribution is 5.77. The summed E-state index contributed by atoms with van der Waals surface area (Å²) in [6, 6.07) is 1.97. The molecular formula is C9H18N4O. The van der Waals surface area contributed by atoms with Crippen LogP contribution in [0.3, 0.4) is 0 Å². The van der Waals surface area contributed by atoms with Gasteiger partial charge in [0.1, 0.15) is 0 Å². The van der Waals surface area contributed by atoms with Gasteiger partial charge in [0, 0.05) is 19.6 Å².